The number of aryl methyl sites for hydroxylation is 1. The second-order valence-corrected chi connectivity index (χ2v) is 5.93. The van der Waals surface area contributed by atoms with E-state index < -0.39 is 0 Å². The average molecular weight is 576 g/mol. The molecule has 0 N–H and O–H groups in total. The predicted octanol–water partition coefficient (Wildman–Crippen LogP) is 10.0. The van der Waals surface area contributed by atoms with Crippen LogP contribution in [0.3, 0.4) is 0 Å². The van der Waals surface area contributed by atoms with Crippen molar-refractivity contribution in [3.63, 3.8) is 0 Å². The molecule has 0 unspecified atom stereocenters. The van der Waals surface area contributed by atoms with E-state index in [4.69, 9.17) is 0 Å². The summed E-state index contributed by atoms with van der Waals surface area (Å²) in [6.45, 7) is 2.27. The first-order valence-electron chi connectivity index (χ1n) is 8.72. The third-order valence-corrected chi connectivity index (χ3v) is 4.13. The maximum Gasteiger partial charge on any atom is 0 e. The minimum Gasteiger partial charge on any atom is -0.358 e. The Bertz CT molecular complexity index is 587. The van der Waals surface area contributed by atoms with Crippen LogP contribution in [0.4, 0.5) is 0 Å². The molecule has 0 spiro atoms. The maximum atomic E-state index is 2.30. The van der Waals surface area contributed by atoms with Crippen molar-refractivity contribution in [1.29, 1.82) is 0 Å². The van der Waals surface area contributed by atoms with Gasteiger partial charge in [0.1, 0.15) is 0 Å². The number of hydrogen-bond donors (Lipinski definition) is 0. The van der Waals surface area contributed by atoms with Crippen LogP contribution in [0.2, 0.25) is 0 Å². The summed E-state index contributed by atoms with van der Waals surface area (Å²) in [5, 5.41) is 2.86. The van der Waals surface area contributed by atoms with Crippen molar-refractivity contribution < 1.29 is 25.8 Å². The largest absolute Gasteiger partial charge is 0.358 e. The van der Waals surface area contributed by atoms with Gasteiger partial charge in [-0.15, -0.1) is 40.6 Å². The summed E-state index contributed by atoms with van der Waals surface area (Å²) in [7, 11) is 0. The Hall–Kier alpha value is -0.950. The van der Waals surface area contributed by atoms with E-state index in [2.05, 4.69) is 43.3 Å². The quantitative estimate of drug-likeness (QED) is 0.149. The van der Waals surface area contributed by atoms with E-state index in [1.165, 1.54) is 61.3 Å². The van der Waals surface area contributed by atoms with E-state index in [-0.39, 0.29) is 77.8 Å². The molecule has 30 heavy (non-hydrogen) atoms. The fourth-order valence-electron chi connectivity index (χ4n) is 2.85. The normalized spacial score (nSPS) is 7.63. The second-order valence-electron chi connectivity index (χ2n) is 5.93. The van der Waals surface area contributed by atoms with E-state index in [0.29, 0.717) is 0 Å². The Labute approximate surface area is 212 Å². The molecule has 0 aliphatic heterocycles. The number of hydrogen-bond acceptors (Lipinski definition) is 0. The van der Waals surface area contributed by atoms with Gasteiger partial charge in [-0.05, 0) is 0 Å². The van der Waals surface area contributed by atoms with Crippen molar-refractivity contribution in [2.24, 2.45) is 0 Å². The summed E-state index contributed by atoms with van der Waals surface area (Å²) >= 11 is 0. The van der Waals surface area contributed by atoms with Gasteiger partial charge in [0.25, 0.3) is 0 Å². The van der Waals surface area contributed by atoms with Gasteiger partial charge < -0.3 is 52.0 Å². The Morgan fingerprint density at radius 2 is 1.20 bits per heavy atom. The summed E-state index contributed by atoms with van der Waals surface area (Å²) in [5.41, 5.74) is 1.54. The molecule has 0 bridgehead atoms. The van der Waals surface area contributed by atoms with Gasteiger partial charge in [0.2, 0.25) is 0 Å². The molecule has 0 nitrogen and oxygen atoms in total. The van der Waals surface area contributed by atoms with Gasteiger partial charge in [-0.25, -0.2) is 12.1 Å². The molecule has 0 aliphatic carbocycles. The number of unbranched alkanes of at least 4 members (excludes halogenated alkanes) is 5. The molecule has 0 heterocycles. The van der Waals surface area contributed by atoms with E-state index >= 15 is 0 Å². The average Bonchev–Trinajstić information content (AvgIpc) is 3.24. The van der Waals surface area contributed by atoms with Crippen LogP contribution in [0.1, 0.15) is 51.0 Å². The van der Waals surface area contributed by atoms with Gasteiger partial charge in [0.15, 0.2) is 0 Å². The summed E-state index contributed by atoms with van der Waals surface area (Å²) in [4.78, 5) is 0. The predicted molar refractivity (Wildman–Crippen MR) is 144 cm³/mol. The molecule has 0 fully saturated rings. The van der Waals surface area contributed by atoms with Crippen LogP contribution < -0.4 is 0 Å². The van der Waals surface area contributed by atoms with Crippen LogP contribution in [-0.2, 0) is 32.3 Å². The minimum absolute atomic E-state index is 0. The molecule has 0 aliphatic rings. The van der Waals surface area contributed by atoms with Crippen LogP contribution >= 0.6 is 0 Å². The maximum absolute atomic E-state index is 2.30. The summed E-state index contributed by atoms with van der Waals surface area (Å²) in [6.07, 6.45) is 9.55. The first kappa shape index (κ1) is 47.0. The van der Waals surface area contributed by atoms with Gasteiger partial charge in [-0.2, -0.15) is 24.3 Å². The molecule has 3 aromatic carbocycles. The Morgan fingerprint density at radius 1 is 0.667 bits per heavy atom. The molecule has 0 atom stereocenters. The van der Waals surface area contributed by atoms with Gasteiger partial charge in [0.05, 0.1) is 0 Å². The third-order valence-electron chi connectivity index (χ3n) is 4.13. The third kappa shape index (κ3) is 17.9. The number of rotatable bonds is 7. The van der Waals surface area contributed by atoms with Crippen LogP contribution in [0.15, 0.2) is 66.7 Å². The molecular weight excluding hydrogens is 527 g/mol. The fraction of sp³-hybridized carbons (Fsp3) is 0.276. The topological polar surface area (TPSA) is 0 Å². The molecule has 0 aromatic heterocycles. The van der Waals surface area contributed by atoms with E-state index in [9.17, 15) is 0 Å². The number of fused-ring (bicyclic) bond motifs is 1. The first-order valence-corrected chi connectivity index (χ1v) is 8.72. The molecule has 0 saturated heterocycles. The molecule has 3 aromatic rings. The van der Waals surface area contributed by atoms with Crippen LogP contribution in [0.5, 0.6) is 0 Å². The van der Waals surface area contributed by atoms with Crippen molar-refractivity contribution in [1.82, 2.24) is 0 Å². The van der Waals surface area contributed by atoms with Crippen LogP contribution in [-0.4, -0.2) is 0 Å². The smallest absolute Gasteiger partial charge is 0 e. The Balaban J connectivity index is -0.0000000729. The minimum atomic E-state index is 0. The first-order chi connectivity index (χ1) is 10.9. The van der Waals surface area contributed by atoms with Crippen molar-refractivity contribution in [2.45, 2.75) is 51.9 Å². The van der Waals surface area contributed by atoms with Crippen molar-refractivity contribution in [2.75, 3.05) is 0 Å². The van der Waals surface area contributed by atoms with Crippen molar-refractivity contribution >= 4 is 10.8 Å². The monoisotopic (exact) mass is 577 g/mol. The molecule has 0 saturated carbocycles. The summed E-state index contributed by atoms with van der Waals surface area (Å²) in [5.74, 6) is 0. The molecule has 3 rings (SSSR count). The summed E-state index contributed by atoms with van der Waals surface area (Å²) < 4.78 is 0. The second kappa shape index (κ2) is 30.2. The molecule has 0 amide bonds. The Morgan fingerprint density at radius 3 is 1.73 bits per heavy atom. The van der Waals surface area contributed by atoms with Gasteiger partial charge in [0, 0.05) is 25.8 Å². The van der Waals surface area contributed by atoms with Gasteiger partial charge in [-0.3, -0.25) is 0 Å². The van der Waals surface area contributed by atoms with Crippen molar-refractivity contribution in [3.8, 4) is 0 Å². The SMILES string of the molecule is CCCCCCCC[c-]1ccc2ccccc21.[CH3-].[CH3-].[CH3-].[CH3-].[CH3-].[CH3-].[CH3-].[Hf].c1cc[cH-]c1. The van der Waals surface area contributed by atoms with Crippen molar-refractivity contribution in [3.05, 3.63) is 124 Å². The molecular formula is C29H49Hf-9. The number of benzene rings is 1. The fourth-order valence-corrected chi connectivity index (χ4v) is 2.85. The van der Waals surface area contributed by atoms with E-state index in [1.54, 1.807) is 0 Å². The summed E-state index contributed by atoms with van der Waals surface area (Å²) in [6, 6.07) is 23.3. The van der Waals surface area contributed by atoms with Gasteiger partial charge >= 0.3 is 0 Å². The zero-order valence-electron chi connectivity index (χ0n) is 21.3. The standard InChI is InChI=1S/C17H23.C5H5.7CH3.Hf/c1-2-3-4-5-6-7-10-15-13-14-16-11-8-9-12-17(15)16;1-2-4-5-3-1;;;;;;;;/h8-9,11-14H,2-7,10H2,1H3;1-5H;7*1H3;/q9*-1;. The van der Waals surface area contributed by atoms with Crippen LogP contribution in [0, 0.1) is 52.0 Å². The molecule has 178 valence electrons. The van der Waals surface area contributed by atoms with Gasteiger partial charge in [-0.1, -0.05) is 57.9 Å². The zero-order valence-corrected chi connectivity index (χ0v) is 24.9. The van der Waals surface area contributed by atoms with E-state index in [0.717, 1.165) is 0 Å². The molecule has 0 radical (unpaired) electrons. The zero-order chi connectivity index (χ0) is 15.5. The molecule has 1 heteroatoms. The van der Waals surface area contributed by atoms with E-state index in [1.807, 2.05) is 30.3 Å². The Kier molecular flexibility index (Phi) is 47.4. The van der Waals surface area contributed by atoms with Crippen LogP contribution in [0.25, 0.3) is 10.8 Å².